The van der Waals surface area contributed by atoms with E-state index in [1.165, 1.54) is 4.88 Å². The van der Waals surface area contributed by atoms with Crippen LogP contribution in [0.4, 0.5) is 4.79 Å². The first-order valence-electron chi connectivity index (χ1n) is 6.91. The number of likely N-dealkylation sites (N-methyl/N-ethyl adjacent to an activating group) is 1. The Labute approximate surface area is 130 Å². The highest BCUT2D eigenvalue weighted by Gasteiger charge is 2.33. The Kier molecular flexibility index (Phi) is 5.78. The number of thiophene rings is 1. The first kappa shape index (κ1) is 17.5. The van der Waals surface area contributed by atoms with E-state index < -0.39 is 17.4 Å². The van der Waals surface area contributed by atoms with Gasteiger partial charge in [0, 0.05) is 24.4 Å². The van der Waals surface area contributed by atoms with Crippen molar-refractivity contribution >= 4 is 23.3 Å². The second kappa shape index (κ2) is 6.93. The smallest absolute Gasteiger partial charge is 0.326 e. The zero-order valence-electron chi connectivity index (χ0n) is 13.2. The molecule has 1 rings (SSSR count). The maximum atomic E-state index is 12.2. The Morgan fingerprint density at radius 3 is 2.48 bits per heavy atom. The summed E-state index contributed by atoms with van der Waals surface area (Å²) in [5.74, 6) is -1.02. The lowest BCUT2D eigenvalue weighted by molar-refractivity contribution is -0.142. The third-order valence-corrected chi connectivity index (χ3v) is 4.34. The lowest BCUT2D eigenvalue weighted by Crippen LogP contribution is -2.54. The van der Waals surface area contributed by atoms with Crippen LogP contribution < -0.4 is 5.32 Å². The molecule has 0 spiro atoms. The van der Waals surface area contributed by atoms with E-state index in [2.05, 4.69) is 5.32 Å². The summed E-state index contributed by atoms with van der Waals surface area (Å²) in [5.41, 5.74) is -0.542. The number of amides is 2. The quantitative estimate of drug-likeness (QED) is 0.878. The van der Waals surface area contributed by atoms with Crippen molar-refractivity contribution in [3.05, 3.63) is 22.4 Å². The highest BCUT2D eigenvalue weighted by molar-refractivity contribution is 7.09. The van der Waals surface area contributed by atoms with Crippen molar-refractivity contribution in [1.82, 2.24) is 10.2 Å². The fraction of sp³-hybridized carbons (Fsp3) is 0.600. The van der Waals surface area contributed by atoms with E-state index >= 15 is 0 Å². The van der Waals surface area contributed by atoms with Gasteiger partial charge < -0.3 is 15.3 Å². The summed E-state index contributed by atoms with van der Waals surface area (Å²) in [4.78, 5) is 26.3. The maximum absolute atomic E-state index is 12.2. The van der Waals surface area contributed by atoms with Gasteiger partial charge in [0.05, 0.1) is 0 Å². The first-order valence-corrected chi connectivity index (χ1v) is 7.79. The van der Waals surface area contributed by atoms with Gasteiger partial charge in [0.15, 0.2) is 0 Å². The molecule has 0 bridgehead atoms. The summed E-state index contributed by atoms with van der Waals surface area (Å²) in [6, 6.07) is 2.73. The number of urea groups is 1. The molecule has 0 aliphatic heterocycles. The number of carbonyl (C=O) groups is 2. The van der Waals surface area contributed by atoms with Gasteiger partial charge in [-0.1, -0.05) is 26.8 Å². The molecule has 2 atom stereocenters. The minimum Gasteiger partial charge on any atom is -0.480 e. The number of aliphatic carboxylic acids is 1. The minimum absolute atomic E-state index is 0.00179. The van der Waals surface area contributed by atoms with E-state index in [0.29, 0.717) is 0 Å². The van der Waals surface area contributed by atoms with E-state index in [1.54, 1.807) is 44.1 Å². The standard InChI is InChI=1S/C15H24N2O3S/c1-10(9-11-7-6-8-21-11)17(5)14(20)16-12(13(18)19)15(2,3)4/h6-8,10,12H,9H2,1-5H3,(H,16,20)(H,18,19)/t10?,12-/m1/s1. The molecule has 0 saturated heterocycles. The Hall–Kier alpha value is -1.56. The van der Waals surface area contributed by atoms with Crippen LogP contribution in [-0.2, 0) is 11.2 Å². The second-order valence-corrected chi connectivity index (χ2v) is 7.36. The first-order chi connectivity index (χ1) is 9.62. The van der Waals surface area contributed by atoms with E-state index in [-0.39, 0.29) is 12.1 Å². The van der Waals surface area contributed by atoms with Crippen LogP contribution in [0.15, 0.2) is 17.5 Å². The molecule has 1 aromatic heterocycles. The van der Waals surface area contributed by atoms with E-state index in [9.17, 15) is 14.7 Å². The average molecular weight is 312 g/mol. The van der Waals surface area contributed by atoms with Crippen molar-refractivity contribution in [2.75, 3.05) is 7.05 Å². The second-order valence-electron chi connectivity index (χ2n) is 6.33. The molecule has 0 radical (unpaired) electrons. The SMILES string of the molecule is CC(Cc1cccs1)N(C)C(=O)N[C@H](C(=O)O)C(C)(C)C. The van der Waals surface area contributed by atoms with Gasteiger partial charge in [0.1, 0.15) is 6.04 Å². The van der Waals surface area contributed by atoms with Crippen LogP contribution in [0.1, 0.15) is 32.6 Å². The predicted octanol–water partition coefficient (Wildman–Crippen LogP) is 2.82. The predicted molar refractivity (Wildman–Crippen MR) is 84.7 cm³/mol. The summed E-state index contributed by atoms with van der Waals surface area (Å²) >= 11 is 1.65. The van der Waals surface area contributed by atoms with Gasteiger partial charge in [-0.2, -0.15) is 0 Å². The molecule has 0 aliphatic rings. The molecule has 2 N–H and O–H groups in total. The number of nitrogens with zero attached hydrogens (tertiary/aromatic N) is 1. The summed E-state index contributed by atoms with van der Waals surface area (Å²) < 4.78 is 0. The topological polar surface area (TPSA) is 69.6 Å². The van der Waals surface area contributed by atoms with Crippen LogP contribution in [0.3, 0.4) is 0 Å². The van der Waals surface area contributed by atoms with Crippen LogP contribution in [0.5, 0.6) is 0 Å². The van der Waals surface area contributed by atoms with Crippen LogP contribution in [-0.4, -0.2) is 41.1 Å². The molecule has 118 valence electrons. The molecular formula is C15H24N2O3S. The Morgan fingerprint density at radius 1 is 1.43 bits per heavy atom. The molecular weight excluding hydrogens is 288 g/mol. The zero-order valence-corrected chi connectivity index (χ0v) is 14.0. The van der Waals surface area contributed by atoms with Gasteiger partial charge in [-0.05, 0) is 23.8 Å². The minimum atomic E-state index is -1.02. The summed E-state index contributed by atoms with van der Waals surface area (Å²) in [6.45, 7) is 7.33. The van der Waals surface area contributed by atoms with Crippen molar-refractivity contribution < 1.29 is 14.7 Å². The largest absolute Gasteiger partial charge is 0.480 e. The number of carboxylic acid groups (broad SMARTS) is 1. The molecule has 0 aliphatic carbocycles. The number of nitrogens with one attached hydrogen (secondary N) is 1. The van der Waals surface area contributed by atoms with Gasteiger partial charge in [-0.25, -0.2) is 9.59 Å². The lowest BCUT2D eigenvalue weighted by Gasteiger charge is -2.31. The van der Waals surface area contributed by atoms with Crippen molar-refractivity contribution in [2.24, 2.45) is 5.41 Å². The Bertz CT molecular complexity index is 480. The third kappa shape index (κ3) is 5.04. The van der Waals surface area contributed by atoms with Gasteiger partial charge in [0.2, 0.25) is 0 Å². The van der Waals surface area contributed by atoms with Crippen molar-refractivity contribution in [1.29, 1.82) is 0 Å². The molecule has 6 heteroatoms. The molecule has 21 heavy (non-hydrogen) atoms. The van der Waals surface area contributed by atoms with Crippen molar-refractivity contribution in [3.8, 4) is 0 Å². The highest BCUT2D eigenvalue weighted by atomic mass is 32.1. The molecule has 1 unspecified atom stereocenters. The lowest BCUT2D eigenvalue weighted by atomic mass is 9.87. The summed E-state index contributed by atoms with van der Waals surface area (Å²) in [7, 11) is 1.69. The fourth-order valence-electron chi connectivity index (χ4n) is 1.93. The molecule has 1 heterocycles. The van der Waals surface area contributed by atoms with Crippen LogP contribution in [0, 0.1) is 5.41 Å². The number of hydrogen-bond donors (Lipinski definition) is 2. The summed E-state index contributed by atoms with van der Waals surface area (Å²) in [5, 5.41) is 13.9. The Balaban J connectivity index is 2.66. The molecule has 1 aromatic rings. The van der Waals surface area contributed by atoms with Crippen LogP contribution >= 0.6 is 11.3 Å². The third-order valence-electron chi connectivity index (χ3n) is 3.44. The fourth-order valence-corrected chi connectivity index (χ4v) is 2.76. The summed E-state index contributed by atoms with van der Waals surface area (Å²) in [6.07, 6.45) is 0.759. The number of hydrogen-bond acceptors (Lipinski definition) is 3. The van der Waals surface area contributed by atoms with Gasteiger partial charge in [-0.3, -0.25) is 0 Å². The van der Waals surface area contributed by atoms with Gasteiger partial charge in [0.25, 0.3) is 0 Å². The monoisotopic (exact) mass is 312 g/mol. The molecule has 0 saturated carbocycles. The van der Waals surface area contributed by atoms with E-state index in [0.717, 1.165) is 6.42 Å². The number of rotatable bonds is 5. The van der Waals surface area contributed by atoms with Crippen LogP contribution in [0.2, 0.25) is 0 Å². The normalized spacial score (nSPS) is 14.3. The number of carboxylic acids is 1. The van der Waals surface area contributed by atoms with Gasteiger partial charge >= 0.3 is 12.0 Å². The number of carbonyl (C=O) groups excluding carboxylic acids is 1. The van der Waals surface area contributed by atoms with Gasteiger partial charge in [-0.15, -0.1) is 11.3 Å². The Morgan fingerprint density at radius 2 is 2.05 bits per heavy atom. The molecule has 0 aromatic carbocycles. The van der Waals surface area contributed by atoms with E-state index in [1.807, 2.05) is 24.4 Å². The zero-order chi connectivity index (χ0) is 16.2. The van der Waals surface area contributed by atoms with Crippen molar-refractivity contribution in [3.63, 3.8) is 0 Å². The highest BCUT2D eigenvalue weighted by Crippen LogP contribution is 2.20. The molecule has 5 nitrogen and oxygen atoms in total. The average Bonchev–Trinajstić information content (AvgIpc) is 2.85. The maximum Gasteiger partial charge on any atom is 0.326 e. The van der Waals surface area contributed by atoms with Crippen LogP contribution in [0.25, 0.3) is 0 Å². The molecule has 2 amide bonds. The van der Waals surface area contributed by atoms with Crippen molar-refractivity contribution in [2.45, 2.75) is 46.2 Å². The molecule has 0 fully saturated rings. The van der Waals surface area contributed by atoms with E-state index in [4.69, 9.17) is 0 Å².